The van der Waals surface area contributed by atoms with Gasteiger partial charge in [-0.15, -0.1) is 0 Å². The highest BCUT2D eigenvalue weighted by molar-refractivity contribution is 7.90. The van der Waals surface area contributed by atoms with Gasteiger partial charge in [-0.1, -0.05) is 30.3 Å². The summed E-state index contributed by atoms with van der Waals surface area (Å²) in [6.45, 7) is 0.417. The van der Waals surface area contributed by atoms with E-state index in [-0.39, 0.29) is 16.3 Å². The third-order valence-electron chi connectivity index (χ3n) is 2.92. The summed E-state index contributed by atoms with van der Waals surface area (Å²) in [5, 5.41) is 14.0. The summed E-state index contributed by atoms with van der Waals surface area (Å²) in [4.78, 5) is 10.4. The molecule has 0 aromatic heterocycles. The van der Waals surface area contributed by atoms with Crippen molar-refractivity contribution >= 4 is 21.2 Å². The number of sulfone groups is 1. The minimum Gasteiger partial charge on any atom is -0.375 e. The van der Waals surface area contributed by atoms with E-state index in [1.807, 2.05) is 30.3 Å². The Balaban J connectivity index is 2.29. The summed E-state index contributed by atoms with van der Waals surface area (Å²) in [6.07, 6.45) is 1.02. The molecule has 0 fully saturated rings. The molecule has 0 amide bonds. The van der Waals surface area contributed by atoms with Crippen molar-refractivity contribution in [1.29, 1.82) is 0 Å². The minimum atomic E-state index is -3.47. The lowest BCUT2D eigenvalue weighted by Gasteiger charge is -2.08. The van der Waals surface area contributed by atoms with E-state index in [4.69, 9.17) is 0 Å². The van der Waals surface area contributed by atoms with E-state index in [0.29, 0.717) is 6.54 Å². The molecule has 0 saturated carbocycles. The molecule has 2 aromatic rings. The number of anilines is 1. The molecule has 0 atom stereocenters. The SMILES string of the molecule is CS(=O)(=O)c1ccc(NCc2ccccc2)c([N+](=O)[O-])c1. The van der Waals surface area contributed by atoms with Crippen LogP contribution < -0.4 is 5.32 Å². The van der Waals surface area contributed by atoms with Gasteiger partial charge in [0.1, 0.15) is 5.69 Å². The molecule has 0 saturated heterocycles. The van der Waals surface area contributed by atoms with Gasteiger partial charge in [-0.25, -0.2) is 8.42 Å². The van der Waals surface area contributed by atoms with E-state index < -0.39 is 14.8 Å². The van der Waals surface area contributed by atoms with Gasteiger partial charge in [0.2, 0.25) is 0 Å². The molecule has 0 radical (unpaired) electrons. The fourth-order valence-electron chi connectivity index (χ4n) is 1.84. The molecule has 0 aliphatic carbocycles. The molecule has 1 N–H and O–H groups in total. The third-order valence-corrected chi connectivity index (χ3v) is 4.03. The Morgan fingerprint density at radius 1 is 1.14 bits per heavy atom. The molecule has 0 bridgehead atoms. The Bertz CT molecular complexity index is 758. The van der Waals surface area contributed by atoms with Gasteiger partial charge < -0.3 is 5.32 Å². The van der Waals surface area contributed by atoms with Crippen molar-refractivity contribution in [2.75, 3.05) is 11.6 Å². The molecule has 7 heteroatoms. The highest BCUT2D eigenvalue weighted by atomic mass is 32.2. The number of nitro benzene ring substituents is 1. The molecule has 0 aliphatic heterocycles. The summed E-state index contributed by atoms with van der Waals surface area (Å²) in [6, 6.07) is 13.3. The van der Waals surface area contributed by atoms with Crippen molar-refractivity contribution in [2.24, 2.45) is 0 Å². The van der Waals surface area contributed by atoms with Crippen LogP contribution in [0.15, 0.2) is 53.4 Å². The molecule has 0 spiro atoms. The minimum absolute atomic E-state index is 0.0699. The predicted molar refractivity (Wildman–Crippen MR) is 80.0 cm³/mol. The largest absolute Gasteiger partial charge is 0.375 e. The van der Waals surface area contributed by atoms with Crippen LogP contribution >= 0.6 is 0 Å². The van der Waals surface area contributed by atoms with E-state index in [2.05, 4.69) is 5.32 Å². The van der Waals surface area contributed by atoms with Crippen LogP contribution in [0.1, 0.15) is 5.56 Å². The average molecular weight is 306 g/mol. The highest BCUT2D eigenvalue weighted by Gasteiger charge is 2.18. The lowest BCUT2D eigenvalue weighted by molar-refractivity contribution is -0.384. The first-order valence-electron chi connectivity index (χ1n) is 6.14. The van der Waals surface area contributed by atoms with Crippen LogP contribution in [0.2, 0.25) is 0 Å². The molecule has 0 unspecified atom stereocenters. The topological polar surface area (TPSA) is 89.3 Å². The molecule has 110 valence electrons. The summed E-state index contributed by atoms with van der Waals surface area (Å²) < 4.78 is 22.9. The molecule has 6 nitrogen and oxygen atoms in total. The number of hydrogen-bond acceptors (Lipinski definition) is 5. The van der Waals surface area contributed by atoms with E-state index in [0.717, 1.165) is 17.9 Å². The van der Waals surface area contributed by atoms with E-state index in [1.165, 1.54) is 12.1 Å². The third kappa shape index (κ3) is 3.79. The Morgan fingerprint density at radius 3 is 2.38 bits per heavy atom. The maximum Gasteiger partial charge on any atom is 0.293 e. The van der Waals surface area contributed by atoms with Gasteiger partial charge in [0.15, 0.2) is 9.84 Å². The molecule has 2 aromatic carbocycles. The number of nitrogens with one attached hydrogen (secondary N) is 1. The van der Waals surface area contributed by atoms with Crippen molar-refractivity contribution in [1.82, 2.24) is 0 Å². The van der Waals surface area contributed by atoms with E-state index in [1.54, 1.807) is 0 Å². The Labute approximate surface area is 122 Å². The van der Waals surface area contributed by atoms with Crippen LogP contribution in [0.3, 0.4) is 0 Å². The zero-order valence-corrected chi connectivity index (χ0v) is 12.1. The lowest BCUT2D eigenvalue weighted by atomic mass is 10.2. The fourth-order valence-corrected chi connectivity index (χ4v) is 2.48. The molecule has 2 rings (SSSR count). The van der Waals surface area contributed by atoms with Crippen LogP contribution in [0, 0.1) is 10.1 Å². The van der Waals surface area contributed by atoms with Gasteiger partial charge in [-0.2, -0.15) is 0 Å². The highest BCUT2D eigenvalue weighted by Crippen LogP contribution is 2.28. The quantitative estimate of drug-likeness (QED) is 0.677. The molecule has 21 heavy (non-hydrogen) atoms. The van der Waals surface area contributed by atoms with Crippen molar-refractivity contribution in [3.8, 4) is 0 Å². The zero-order valence-electron chi connectivity index (χ0n) is 11.3. The monoisotopic (exact) mass is 306 g/mol. The van der Waals surface area contributed by atoms with Gasteiger partial charge >= 0.3 is 0 Å². The number of rotatable bonds is 5. The van der Waals surface area contributed by atoms with Gasteiger partial charge in [-0.05, 0) is 17.7 Å². The van der Waals surface area contributed by atoms with Crippen molar-refractivity contribution in [3.63, 3.8) is 0 Å². The fraction of sp³-hybridized carbons (Fsp3) is 0.143. The Hall–Kier alpha value is -2.41. The number of nitrogens with zero attached hydrogens (tertiary/aromatic N) is 1. The first-order valence-corrected chi connectivity index (χ1v) is 8.03. The first-order chi connectivity index (χ1) is 9.88. The van der Waals surface area contributed by atoms with Crippen LogP contribution in [0.4, 0.5) is 11.4 Å². The van der Waals surface area contributed by atoms with E-state index in [9.17, 15) is 18.5 Å². The smallest absolute Gasteiger partial charge is 0.293 e. The maximum atomic E-state index is 11.5. The van der Waals surface area contributed by atoms with Gasteiger partial charge in [0.25, 0.3) is 5.69 Å². The van der Waals surface area contributed by atoms with Crippen LogP contribution in [-0.4, -0.2) is 19.6 Å². The molecule has 0 aliphatic rings. The van der Waals surface area contributed by atoms with Crippen LogP contribution in [-0.2, 0) is 16.4 Å². The summed E-state index contributed by atoms with van der Waals surface area (Å²) in [7, 11) is -3.47. The first kappa shape index (κ1) is 15.0. The molecular weight excluding hydrogens is 292 g/mol. The standard InChI is InChI=1S/C14H14N2O4S/c1-21(19,20)12-7-8-13(14(9-12)16(17)18)15-10-11-5-3-2-4-6-11/h2-9,15H,10H2,1H3. The van der Waals surface area contributed by atoms with Gasteiger partial charge in [-0.3, -0.25) is 10.1 Å². The summed E-state index contributed by atoms with van der Waals surface area (Å²) >= 11 is 0. The zero-order chi connectivity index (χ0) is 15.5. The van der Waals surface area contributed by atoms with Crippen LogP contribution in [0.5, 0.6) is 0 Å². The second kappa shape index (κ2) is 5.92. The predicted octanol–water partition coefficient (Wildman–Crippen LogP) is 2.61. The molecule has 0 heterocycles. The van der Waals surface area contributed by atoms with Crippen molar-refractivity contribution < 1.29 is 13.3 Å². The number of nitro groups is 1. The number of benzene rings is 2. The van der Waals surface area contributed by atoms with Crippen molar-refractivity contribution in [3.05, 3.63) is 64.2 Å². The van der Waals surface area contributed by atoms with E-state index >= 15 is 0 Å². The average Bonchev–Trinajstić information content (AvgIpc) is 2.45. The lowest BCUT2D eigenvalue weighted by Crippen LogP contribution is -2.04. The maximum absolute atomic E-state index is 11.5. The normalized spacial score (nSPS) is 11.1. The van der Waals surface area contributed by atoms with Crippen molar-refractivity contribution in [2.45, 2.75) is 11.4 Å². The Kier molecular flexibility index (Phi) is 4.23. The van der Waals surface area contributed by atoms with Gasteiger partial charge in [0.05, 0.1) is 9.82 Å². The number of hydrogen-bond donors (Lipinski definition) is 1. The molecular formula is C14H14N2O4S. The van der Waals surface area contributed by atoms with Crippen LogP contribution in [0.25, 0.3) is 0 Å². The van der Waals surface area contributed by atoms with Gasteiger partial charge in [0, 0.05) is 18.9 Å². The second-order valence-electron chi connectivity index (χ2n) is 4.55. The summed E-state index contributed by atoms with van der Waals surface area (Å²) in [5.41, 5.74) is 1.00. The Morgan fingerprint density at radius 2 is 1.81 bits per heavy atom. The summed E-state index contributed by atoms with van der Waals surface area (Å²) in [5.74, 6) is 0. The second-order valence-corrected chi connectivity index (χ2v) is 6.56.